The average molecular weight is 275 g/mol. The molecule has 100 valence electrons. The zero-order valence-corrected chi connectivity index (χ0v) is 11.8. The lowest BCUT2D eigenvalue weighted by atomic mass is 10.1. The quantitative estimate of drug-likeness (QED) is 0.840. The summed E-state index contributed by atoms with van der Waals surface area (Å²) >= 11 is 1.42. The molecule has 19 heavy (non-hydrogen) atoms. The summed E-state index contributed by atoms with van der Waals surface area (Å²) in [4.78, 5) is 16.2. The SMILES string of the molecule is CCC(C)C(=O)Nc1nc(-c2cccc(N)c2)cs1. The van der Waals surface area contributed by atoms with Gasteiger partial charge in [0, 0.05) is 22.5 Å². The highest BCUT2D eigenvalue weighted by atomic mass is 32.1. The summed E-state index contributed by atoms with van der Waals surface area (Å²) < 4.78 is 0. The van der Waals surface area contributed by atoms with Crippen LogP contribution >= 0.6 is 11.3 Å². The molecule has 0 spiro atoms. The van der Waals surface area contributed by atoms with Crippen molar-refractivity contribution in [2.24, 2.45) is 5.92 Å². The number of aromatic nitrogens is 1. The van der Waals surface area contributed by atoms with Gasteiger partial charge in [-0.25, -0.2) is 4.98 Å². The largest absolute Gasteiger partial charge is 0.399 e. The highest BCUT2D eigenvalue weighted by Crippen LogP contribution is 2.26. The van der Waals surface area contributed by atoms with Crippen LogP contribution in [-0.2, 0) is 4.79 Å². The predicted octanol–water partition coefficient (Wildman–Crippen LogP) is 3.38. The van der Waals surface area contributed by atoms with Gasteiger partial charge in [-0.05, 0) is 18.6 Å². The van der Waals surface area contributed by atoms with E-state index in [-0.39, 0.29) is 11.8 Å². The van der Waals surface area contributed by atoms with Gasteiger partial charge in [-0.3, -0.25) is 4.79 Å². The molecule has 0 bridgehead atoms. The molecule has 1 aromatic carbocycles. The van der Waals surface area contributed by atoms with Crippen molar-refractivity contribution < 1.29 is 4.79 Å². The second-order valence-electron chi connectivity index (χ2n) is 4.46. The van der Waals surface area contributed by atoms with Gasteiger partial charge in [0.05, 0.1) is 5.69 Å². The van der Waals surface area contributed by atoms with Crippen LogP contribution in [0.3, 0.4) is 0 Å². The van der Waals surface area contributed by atoms with E-state index in [2.05, 4.69) is 10.3 Å². The maximum absolute atomic E-state index is 11.8. The van der Waals surface area contributed by atoms with Crippen molar-refractivity contribution in [2.75, 3.05) is 11.1 Å². The number of thiazole rings is 1. The summed E-state index contributed by atoms with van der Waals surface area (Å²) in [7, 11) is 0. The zero-order chi connectivity index (χ0) is 13.8. The van der Waals surface area contributed by atoms with Gasteiger partial charge in [-0.2, -0.15) is 0 Å². The van der Waals surface area contributed by atoms with Crippen molar-refractivity contribution in [3.05, 3.63) is 29.6 Å². The lowest BCUT2D eigenvalue weighted by Crippen LogP contribution is -2.19. The van der Waals surface area contributed by atoms with Crippen molar-refractivity contribution >= 4 is 28.1 Å². The molecule has 0 saturated carbocycles. The zero-order valence-electron chi connectivity index (χ0n) is 11.0. The maximum Gasteiger partial charge on any atom is 0.228 e. The monoisotopic (exact) mass is 275 g/mol. The van der Waals surface area contributed by atoms with Gasteiger partial charge in [-0.15, -0.1) is 11.3 Å². The molecule has 2 rings (SSSR count). The van der Waals surface area contributed by atoms with Gasteiger partial charge in [0.2, 0.25) is 5.91 Å². The Bertz CT molecular complexity index is 580. The summed E-state index contributed by atoms with van der Waals surface area (Å²) in [5.74, 6) is 0.00990. The Labute approximate surface area is 116 Å². The normalized spacial score (nSPS) is 12.1. The number of amides is 1. The van der Waals surface area contributed by atoms with Crippen molar-refractivity contribution in [1.29, 1.82) is 0 Å². The van der Waals surface area contributed by atoms with Crippen molar-refractivity contribution in [3.8, 4) is 11.3 Å². The third-order valence-corrected chi connectivity index (χ3v) is 3.73. The third kappa shape index (κ3) is 3.32. The molecule has 3 N–H and O–H groups in total. The third-order valence-electron chi connectivity index (χ3n) is 2.98. The highest BCUT2D eigenvalue weighted by molar-refractivity contribution is 7.14. The highest BCUT2D eigenvalue weighted by Gasteiger charge is 2.13. The predicted molar refractivity (Wildman–Crippen MR) is 80.0 cm³/mol. The number of carbonyl (C=O) groups excluding carboxylic acids is 1. The lowest BCUT2D eigenvalue weighted by molar-refractivity contribution is -0.119. The first-order valence-corrected chi connectivity index (χ1v) is 7.10. The van der Waals surface area contributed by atoms with Crippen LogP contribution in [0.5, 0.6) is 0 Å². The summed E-state index contributed by atoms with van der Waals surface area (Å²) in [6.45, 7) is 3.89. The number of nitrogen functional groups attached to an aromatic ring is 1. The number of nitrogens with zero attached hydrogens (tertiary/aromatic N) is 1. The minimum absolute atomic E-state index is 0.000260. The van der Waals surface area contributed by atoms with Crippen LogP contribution < -0.4 is 11.1 Å². The second kappa shape index (κ2) is 5.84. The molecule has 0 aliphatic rings. The van der Waals surface area contributed by atoms with Crippen LogP contribution in [0.25, 0.3) is 11.3 Å². The van der Waals surface area contributed by atoms with E-state index in [9.17, 15) is 4.79 Å². The van der Waals surface area contributed by atoms with Gasteiger partial charge >= 0.3 is 0 Å². The standard InChI is InChI=1S/C14H17N3OS/c1-3-9(2)13(18)17-14-16-12(8-19-14)10-5-4-6-11(15)7-10/h4-9H,3,15H2,1-2H3,(H,16,17,18). The van der Waals surface area contributed by atoms with E-state index in [1.807, 2.05) is 43.5 Å². The molecule has 1 heterocycles. The van der Waals surface area contributed by atoms with E-state index in [1.165, 1.54) is 11.3 Å². The molecular weight excluding hydrogens is 258 g/mol. The summed E-state index contributed by atoms with van der Waals surface area (Å²) in [5, 5.41) is 5.38. The fourth-order valence-electron chi connectivity index (χ4n) is 1.58. The molecule has 1 aromatic heterocycles. The smallest absolute Gasteiger partial charge is 0.228 e. The van der Waals surface area contributed by atoms with Gasteiger partial charge in [0.25, 0.3) is 0 Å². The van der Waals surface area contributed by atoms with E-state index >= 15 is 0 Å². The van der Waals surface area contributed by atoms with Crippen molar-refractivity contribution in [3.63, 3.8) is 0 Å². The van der Waals surface area contributed by atoms with Gasteiger partial charge in [-0.1, -0.05) is 26.0 Å². The minimum atomic E-state index is -0.000260. The van der Waals surface area contributed by atoms with E-state index in [1.54, 1.807) is 0 Å². The number of carbonyl (C=O) groups is 1. The molecule has 1 amide bonds. The van der Waals surface area contributed by atoms with E-state index in [4.69, 9.17) is 5.73 Å². The van der Waals surface area contributed by atoms with Crippen LogP contribution in [0, 0.1) is 5.92 Å². The maximum atomic E-state index is 11.8. The minimum Gasteiger partial charge on any atom is -0.399 e. The lowest BCUT2D eigenvalue weighted by Gasteiger charge is -2.06. The first-order valence-electron chi connectivity index (χ1n) is 6.22. The Morgan fingerprint density at radius 2 is 2.32 bits per heavy atom. The molecule has 0 aliphatic carbocycles. The Kier molecular flexibility index (Phi) is 4.16. The first-order chi connectivity index (χ1) is 9.10. The van der Waals surface area contributed by atoms with E-state index < -0.39 is 0 Å². The number of nitrogens with two attached hydrogens (primary N) is 1. The van der Waals surface area contributed by atoms with E-state index in [0.29, 0.717) is 10.8 Å². The Balaban J connectivity index is 2.13. The van der Waals surface area contributed by atoms with Crippen LogP contribution in [0.1, 0.15) is 20.3 Å². The topological polar surface area (TPSA) is 68.0 Å². The fraction of sp³-hybridized carbons (Fsp3) is 0.286. The van der Waals surface area contributed by atoms with Crippen LogP contribution in [0.15, 0.2) is 29.6 Å². The van der Waals surface area contributed by atoms with Gasteiger partial charge in [0.15, 0.2) is 5.13 Å². The van der Waals surface area contributed by atoms with Crippen LogP contribution in [0.2, 0.25) is 0 Å². The van der Waals surface area contributed by atoms with Crippen molar-refractivity contribution in [1.82, 2.24) is 4.98 Å². The summed E-state index contributed by atoms with van der Waals surface area (Å²) in [6.07, 6.45) is 0.819. The molecule has 0 radical (unpaired) electrons. The number of hydrogen-bond acceptors (Lipinski definition) is 4. The van der Waals surface area contributed by atoms with Crippen LogP contribution in [-0.4, -0.2) is 10.9 Å². The Morgan fingerprint density at radius 1 is 1.53 bits per heavy atom. The molecule has 4 nitrogen and oxygen atoms in total. The summed E-state index contributed by atoms with van der Waals surface area (Å²) in [5.41, 5.74) is 8.24. The Morgan fingerprint density at radius 3 is 3.00 bits per heavy atom. The molecule has 5 heteroatoms. The number of benzene rings is 1. The molecule has 0 aliphatic heterocycles. The molecule has 1 unspecified atom stereocenters. The van der Waals surface area contributed by atoms with Gasteiger partial charge < -0.3 is 11.1 Å². The second-order valence-corrected chi connectivity index (χ2v) is 5.32. The molecule has 2 aromatic rings. The number of anilines is 2. The number of nitrogens with one attached hydrogen (secondary N) is 1. The molecule has 1 atom stereocenters. The number of hydrogen-bond donors (Lipinski definition) is 2. The van der Waals surface area contributed by atoms with E-state index in [0.717, 1.165) is 17.7 Å². The summed E-state index contributed by atoms with van der Waals surface area (Å²) in [6, 6.07) is 7.55. The average Bonchev–Trinajstić information content (AvgIpc) is 2.86. The molecular formula is C14H17N3OS. The Hall–Kier alpha value is -1.88. The molecule has 0 fully saturated rings. The fourth-order valence-corrected chi connectivity index (χ4v) is 2.30. The van der Waals surface area contributed by atoms with Gasteiger partial charge in [0.1, 0.15) is 0 Å². The molecule has 0 saturated heterocycles. The number of rotatable bonds is 4. The van der Waals surface area contributed by atoms with Crippen LogP contribution in [0.4, 0.5) is 10.8 Å². The van der Waals surface area contributed by atoms with Crippen molar-refractivity contribution in [2.45, 2.75) is 20.3 Å². The first kappa shape index (κ1) is 13.5.